The Morgan fingerprint density at radius 2 is 2.10 bits per heavy atom. The van der Waals surface area contributed by atoms with E-state index in [1.54, 1.807) is 6.33 Å². The van der Waals surface area contributed by atoms with Crippen molar-refractivity contribution in [3.05, 3.63) is 18.6 Å². The van der Waals surface area contributed by atoms with Crippen LogP contribution in [0.15, 0.2) is 18.6 Å². The molecule has 5 rings (SSSR count). The number of fused-ring (bicyclic) bond motifs is 1. The van der Waals surface area contributed by atoms with Crippen molar-refractivity contribution in [3.8, 4) is 0 Å². The predicted molar refractivity (Wildman–Crippen MR) is 112 cm³/mol. The smallest absolute Gasteiger partial charge is 0.145 e. The lowest BCUT2D eigenvalue weighted by atomic mass is 9.86. The van der Waals surface area contributed by atoms with Crippen molar-refractivity contribution in [1.29, 1.82) is 0 Å². The fourth-order valence-corrected chi connectivity index (χ4v) is 5.99. The first-order valence-electron chi connectivity index (χ1n) is 10.9. The van der Waals surface area contributed by atoms with Gasteiger partial charge in [-0.1, -0.05) is 0 Å². The molecule has 29 heavy (non-hydrogen) atoms. The van der Waals surface area contributed by atoms with Gasteiger partial charge in [-0.15, -0.1) is 0 Å². The van der Waals surface area contributed by atoms with E-state index >= 15 is 0 Å². The van der Waals surface area contributed by atoms with Gasteiger partial charge < -0.3 is 25.4 Å². The highest BCUT2D eigenvalue weighted by molar-refractivity contribution is 5.87. The summed E-state index contributed by atoms with van der Waals surface area (Å²) in [6.45, 7) is 4.11. The number of aliphatic hydroxyl groups excluding tert-OH is 2. The Morgan fingerprint density at radius 3 is 2.90 bits per heavy atom. The summed E-state index contributed by atoms with van der Waals surface area (Å²) < 4.78 is 2.02. The van der Waals surface area contributed by atoms with Crippen LogP contribution in [0.25, 0.3) is 11.0 Å². The number of rotatable bonds is 4. The zero-order valence-corrected chi connectivity index (χ0v) is 17.1. The van der Waals surface area contributed by atoms with Gasteiger partial charge in [0.05, 0.1) is 17.5 Å². The lowest BCUT2D eigenvalue weighted by Gasteiger charge is -2.43. The average molecular weight is 401 g/mol. The first-order valence-corrected chi connectivity index (χ1v) is 10.9. The lowest BCUT2D eigenvalue weighted by Crippen LogP contribution is -2.55. The molecule has 3 fully saturated rings. The van der Waals surface area contributed by atoms with Crippen LogP contribution >= 0.6 is 0 Å². The van der Waals surface area contributed by atoms with Gasteiger partial charge in [0.25, 0.3) is 0 Å². The maximum Gasteiger partial charge on any atom is 0.145 e. The molecule has 0 bridgehead atoms. The molecule has 1 saturated carbocycles. The van der Waals surface area contributed by atoms with Crippen LogP contribution in [0.4, 0.5) is 5.82 Å². The second kappa shape index (κ2) is 7.50. The number of aliphatic hydroxyl groups is 2. The Bertz CT molecular complexity index is 864. The van der Waals surface area contributed by atoms with Crippen molar-refractivity contribution in [3.63, 3.8) is 0 Å². The SMILES string of the molecule is CNc1ncnc2c1ccn2[C@@H]1C[C@H](CN2CCC[C@@]23CCCNC3)[C@@H](O)[C@H]1O. The van der Waals surface area contributed by atoms with E-state index in [1.165, 1.54) is 25.7 Å². The van der Waals surface area contributed by atoms with Crippen LogP contribution < -0.4 is 10.6 Å². The molecule has 2 aromatic heterocycles. The van der Waals surface area contributed by atoms with Crippen LogP contribution in [-0.4, -0.2) is 80.6 Å². The summed E-state index contributed by atoms with van der Waals surface area (Å²) in [4.78, 5) is 11.3. The monoisotopic (exact) mass is 400 g/mol. The van der Waals surface area contributed by atoms with E-state index in [0.717, 1.165) is 49.5 Å². The number of anilines is 1. The van der Waals surface area contributed by atoms with Crippen LogP contribution in [0.5, 0.6) is 0 Å². The number of nitrogens with one attached hydrogen (secondary N) is 2. The summed E-state index contributed by atoms with van der Waals surface area (Å²) >= 11 is 0. The number of piperidine rings is 1. The molecule has 8 heteroatoms. The number of hydrogen-bond donors (Lipinski definition) is 4. The van der Waals surface area contributed by atoms with Crippen molar-refractivity contribution in [2.24, 2.45) is 5.92 Å². The summed E-state index contributed by atoms with van der Waals surface area (Å²) in [6, 6.07) is 1.81. The van der Waals surface area contributed by atoms with Crippen LogP contribution in [0, 0.1) is 5.92 Å². The Balaban J connectivity index is 1.37. The third-order valence-electron chi connectivity index (χ3n) is 7.52. The standard InChI is InChI=1S/C21H32N6O2/c1-22-19-15-4-9-27(20(15)25-13-24-19)16-10-14(17(28)18(16)29)11-26-8-3-6-21(26)5-2-7-23-12-21/h4,9,13-14,16-18,23,28-29H,2-3,5-8,10-12H2,1H3,(H,22,24,25)/t14-,16-,17-,18+,21-/m1/s1. The minimum atomic E-state index is -0.786. The summed E-state index contributed by atoms with van der Waals surface area (Å²) in [5, 5.41) is 29.4. The molecule has 3 aliphatic rings. The fourth-order valence-electron chi connectivity index (χ4n) is 5.99. The van der Waals surface area contributed by atoms with Crippen molar-refractivity contribution in [2.75, 3.05) is 38.5 Å². The minimum Gasteiger partial charge on any atom is -0.390 e. The molecule has 5 atom stereocenters. The maximum absolute atomic E-state index is 10.9. The second-order valence-corrected chi connectivity index (χ2v) is 9.03. The quantitative estimate of drug-likeness (QED) is 0.607. The largest absolute Gasteiger partial charge is 0.390 e. The first-order chi connectivity index (χ1) is 14.1. The fraction of sp³-hybridized carbons (Fsp3) is 0.714. The predicted octanol–water partition coefficient (Wildman–Crippen LogP) is 0.974. The van der Waals surface area contributed by atoms with Gasteiger partial charge in [0.15, 0.2) is 0 Å². The topological polar surface area (TPSA) is 98.5 Å². The molecule has 2 aliphatic heterocycles. The summed E-state index contributed by atoms with van der Waals surface area (Å²) in [5.41, 5.74) is 1.05. The Kier molecular flexibility index (Phi) is 4.98. The Labute approximate surface area is 171 Å². The molecule has 0 radical (unpaired) electrons. The van der Waals surface area contributed by atoms with Crippen molar-refractivity contribution < 1.29 is 10.2 Å². The van der Waals surface area contributed by atoms with Gasteiger partial charge in [-0.2, -0.15) is 0 Å². The maximum atomic E-state index is 10.9. The highest BCUT2D eigenvalue weighted by Crippen LogP contribution is 2.41. The minimum absolute atomic E-state index is 0.0648. The Hall–Kier alpha value is -1.74. The van der Waals surface area contributed by atoms with Gasteiger partial charge in [-0.05, 0) is 51.3 Å². The van der Waals surface area contributed by atoms with Gasteiger partial charge in [-0.3, -0.25) is 4.90 Å². The van der Waals surface area contributed by atoms with E-state index in [4.69, 9.17) is 0 Å². The molecular weight excluding hydrogens is 368 g/mol. The van der Waals surface area contributed by atoms with Crippen LogP contribution in [0.1, 0.15) is 38.1 Å². The number of aromatic nitrogens is 3. The third kappa shape index (κ3) is 3.13. The molecule has 1 spiro atoms. The van der Waals surface area contributed by atoms with Gasteiger partial charge in [0, 0.05) is 37.8 Å². The van der Waals surface area contributed by atoms with Gasteiger partial charge >= 0.3 is 0 Å². The highest BCUT2D eigenvalue weighted by Gasteiger charge is 2.47. The summed E-state index contributed by atoms with van der Waals surface area (Å²) in [6.07, 6.45) is 7.69. The molecule has 8 nitrogen and oxygen atoms in total. The number of hydrogen-bond acceptors (Lipinski definition) is 7. The van der Waals surface area contributed by atoms with Gasteiger partial charge in [-0.25, -0.2) is 9.97 Å². The molecule has 0 aromatic carbocycles. The number of nitrogens with zero attached hydrogens (tertiary/aromatic N) is 4. The Morgan fingerprint density at radius 1 is 1.24 bits per heavy atom. The van der Waals surface area contributed by atoms with Crippen LogP contribution in [0.2, 0.25) is 0 Å². The van der Waals surface area contributed by atoms with E-state index in [9.17, 15) is 10.2 Å². The number of likely N-dealkylation sites (tertiary alicyclic amines) is 1. The van der Waals surface area contributed by atoms with Crippen LogP contribution in [-0.2, 0) is 0 Å². The molecule has 1 aliphatic carbocycles. The summed E-state index contributed by atoms with van der Waals surface area (Å²) in [7, 11) is 1.84. The molecule has 0 amide bonds. The molecule has 158 valence electrons. The van der Waals surface area contributed by atoms with E-state index < -0.39 is 12.2 Å². The molecule has 4 heterocycles. The van der Waals surface area contributed by atoms with Crippen molar-refractivity contribution in [2.45, 2.75) is 55.9 Å². The van der Waals surface area contributed by atoms with Crippen molar-refractivity contribution >= 4 is 16.9 Å². The highest BCUT2D eigenvalue weighted by atomic mass is 16.3. The van der Waals surface area contributed by atoms with Crippen molar-refractivity contribution in [1.82, 2.24) is 24.8 Å². The molecule has 4 N–H and O–H groups in total. The third-order valence-corrected chi connectivity index (χ3v) is 7.52. The molecule has 0 unspecified atom stereocenters. The van der Waals surface area contributed by atoms with E-state index in [1.807, 2.05) is 23.9 Å². The van der Waals surface area contributed by atoms with Gasteiger partial charge in [0.2, 0.25) is 0 Å². The first kappa shape index (κ1) is 19.2. The summed E-state index contributed by atoms with van der Waals surface area (Å²) in [5.74, 6) is 0.845. The molecular formula is C21H32N6O2. The van der Waals surface area contributed by atoms with E-state index in [0.29, 0.717) is 0 Å². The van der Waals surface area contributed by atoms with E-state index in [2.05, 4.69) is 25.5 Å². The normalized spacial score (nSPS) is 35.7. The average Bonchev–Trinajstić information content (AvgIpc) is 3.41. The second-order valence-electron chi connectivity index (χ2n) is 9.03. The zero-order valence-electron chi connectivity index (χ0n) is 17.1. The molecule has 2 saturated heterocycles. The van der Waals surface area contributed by atoms with Crippen LogP contribution in [0.3, 0.4) is 0 Å². The van der Waals surface area contributed by atoms with Gasteiger partial charge in [0.1, 0.15) is 23.9 Å². The molecule has 2 aromatic rings. The lowest BCUT2D eigenvalue weighted by molar-refractivity contribution is -0.00809. The zero-order chi connectivity index (χ0) is 20.0. The van der Waals surface area contributed by atoms with E-state index in [-0.39, 0.29) is 17.5 Å².